The molecular weight excluding hydrogens is 282 g/mol. The van der Waals surface area contributed by atoms with Gasteiger partial charge in [0.05, 0.1) is 14.2 Å². The van der Waals surface area contributed by atoms with Gasteiger partial charge in [0.1, 0.15) is 11.5 Å². The van der Waals surface area contributed by atoms with Crippen LogP contribution in [0.5, 0.6) is 11.5 Å². The number of amides is 1. The van der Waals surface area contributed by atoms with E-state index in [1.54, 1.807) is 14.2 Å². The van der Waals surface area contributed by atoms with Gasteiger partial charge in [-0.2, -0.15) is 0 Å². The molecule has 0 heterocycles. The van der Waals surface area contributed by atoms with Crippen LogP contribution in [-0.4, -0.2) is 31.5 Å². The van der Waals surface area contributed by atoms with Crippen molar-refractivity contribution in [3.8, 4) is 11.5 Å². The van der Waals surface area contributed by atoms with E-state index >= 15 is 0 Å². The van der Waals surface area contributed by atoms with E-state index in [9.17, 15) is 4.79 Å². The van der Waals surface area contributed by atoms with Crippen LogP contribution in [-0.2, 0) is 12.8 Å². The van der Waals surface area contributed by atoms with Crippen LogP contribution < -0.4 is 14.8 Å². The van der Waals surface area contributed by atoms with Crippen LogP contribution in [0.25, 0.3) is 0 Å². The van der Waals surface area contributed by atoms with E-state index in [-0.39, 0.29) is 6.04 Å². The molecule has 0 fully saturated rings. The molecule has 0 bridgehead atoms. The number of hydrogen-bond donors (Lipinski definition) is 2. The van der Waals surface area contributed by atoms with Gasteiger partial charge in [-0.1, -0.05) is 6.08 Å². The summed E-state index contributed by atoms with van der Waals surface area (Å²) < 4.78 is 10.9. The molecule has 0 saturated carbocycles. The summed E-state index contributed by atoms with van der Waals surface area (Å²) in [6.45, 7) is 5.55. The zero-order valence-electron chi connectivity index (χ0n) is 13.5. The minimum atomic E-state index is -1.03. The molecule has 5 nitrogen and oxygen atoms in total. The number of ether oxygens (including phenoxy) is 2. The number of nitrogens with one attached hydrogen (secondary N) is 1. The number of allylic oxidation sites excluding steroid dienone is 1. The van der Waals surface area contributed by atoms with Crippen molar-refractivity contribution in [3.05, 3.63) is 35.9 Å². The van der Waals surface area contributed by atoms with Crippen LogP contribution in [0, 0.1) is 0 Å². The third-order valence-corrected chi connectivity index (χ3v) is 3.43. The van der Waals surface area contributed by atoms with Crippen LogP contribution in [0.15, 0.2) is 24.8 Å². The number of carboxylic acid groups (broad SMARTS) is 1. The van der Waals surface area contributed by atoms with Gasteiger partial charge in [-0.25, -0.2) is 4.79 Å². The van der Waals surface area contributed by atoms with Crippen LogP contribution >= 0.6 is 0 Å². The van der Waals surface area contributed by atoms with Gasteiger partial charge in [0.15, 0.2) is 0 Å². The summed E-state index contributed by atoms with van der Waals surface area (Å²) in [6.07, 6.45) is 4.25. The van der Waals surface area contributed by atoms with Crippen molar-refractivity contribution in [1.82, 2.24) is 5.32 Å². The SMILES string of the molecule is C=CCCCc1cc(OC)c(CC(C)NC(=O)O)cc1OC. The molecule has 0 spiro atoms. The maximum atomic E-state index is 10.7. The molecule has 0 aliphatic carbocycles. The molecule has 0 aliphatic rings. The Morgan fingerprint density at radius 2 is 1.91 bits per heavy atom. The summed E-state index contributed by atoms with van der Waals surface area (Å²) in [5.74, 6) is 1.57. The van der Waals surface area contributed by atoms with E-state index < -0.39 is 6.09 Å². The summed E-state index contributed by atoms with van der Waals surface area (Å²) >= 11 is 0. The zero-order chi connectivity index (χ0) is 16.5. The lowest BCUT2D eigenvalue weighted by Crippen LogP contribution is -2.32. The molecule has 1 aromatic rings. The Balaban J connectivity index is 2.97. The van der Waals surface area contributed by atoms with Gasteiger partial charge in [-0.05, 0) is 55.9 Å². The molecule has 2 N–H and O–H groups in total. The Labute approximate surface area is 131 Å². The van der Waals surface area contributed by atoms with Gasteiger partial charge in [-0.15, -0.1) is 6.58 Å². The molecule has 1 unspecified atom stereocenters. The second kappa shape index (κ2) is 8.97. The predicted molar refractivity (Wildman–Crippen MR) is 87.0 cm³/mol. The molecule has 1 atom stereocenters. The Morgan fingerprint density at radius 1 is 1.32 bits per heavy atom. The highest BCUT2D eigenvalue weighted by molar-refractivity contribution is 5.64. The van der Waals surface area contributed by atoms with Crippen LogP contribution in [0.2, 0.25) is 0 Å². The van der Waals surface area contributed by atoms with E-state index in [0.29, 0.717) is 6.42 Å². The lowest BCUT2D eigenvalue weighted by molar-refractivity contribution is 0.190. The fourth-order valence-corrected chi connectivity index (χ4v) is 2.41. The van der Waals surface area contributed by atoms with Crippen molar-refractivity contribution in [2.24, 2.45) is 0 Å². The molecule has 0 aromatic heterocycles. The molecule has 122 valence electrons. The number of rotatable bonds is 9. The molecule has 22 heavy (non-hydrogen) atoms. The van der Waals surface area contributed by atoms with Crippen LogP contribution in [0.3, 0.4) is 0 Å². The third kappa shape index (κ3) is 5.31. The summed E-state index contributed by atoms with van der Waals surface area (Å²) in [6, 6.07) is 3.70. The first-order valence-electron chi connectivity index (χ1n) is 7.36. The third-order valence-electron chi connectivity index (χ3n) is 3.43. The minimum Gasteiger partial charge on any atom is -0.496 e. The highest BCUT2D eigenvalue weighted by Crippen LogP contribution is 2.31. The highest BCUT2D eigenvalue weighted by Gasteiger charge is 2.14. The van der Waals surface area contributed by atoms with Gasteiger partial charge in [0.25, 0.3) is 0 Å². The fraction of sp³-hybridized carbons (Fsp3) is 0.471. The number of benzene rings is 1. The van der Waals surface area contributed by atoms with Crippen molar-refractivity contribution >= 4 is 6.09 Å². The van der Waals surface area contributed by atoms with E-state index in [1.807, 2.05) is 25.1 Å². The maximum Gasteiger partial charge on any atom is 0.404 e. The van der Waals surface area contributed by atoms with Crippen LogP contribution in [0.4, 0.5) is 4.79 Å². The lowest BCUT2D eigenvalue weighted by atomic mass is 10.00. The normalized spacial score (nSPS) is 11.6. The topological polar surface area (TPSA) is 67.8 Å². The molecule has 1 rings (SSSR count). The molecule has 0 aliphatic heterocycles. The van der Waals surface area contributed by atoms with Gasteiger partial charge in [0, 0.05) is 6.04 Å². The van der Waals surface area contributed by atoms with E-state index in [2.05, 4.69) is 11.9 Å². The van der Waals surface area contributed by atoms with Gasteiger partial charge >= 0.3 is 6.09 Å². The Morgan fingerprint density at radius 3 is 2.45 bits per heavy atom. The number of hydrogen-bond acceptors (Lipinski definition) is 3. The molecule has 1 aromatic carbocycles. The van der Waals surface area contributed by atoms with Crippen molar-refractivity contribution in [3.63, 3.8) is 0 Å². The van der Waals surface area contributed by atoms with Crippen molar-refractivity contribution in [2.75, 3.05) is 14.2 Å². The summed E-state index contributed by atoms with van der Waals surface area (Å²) in [7, 11) is 3.26. The highest BCUT2D eigenvalue weighted by atomic mass is 16.5. The number of carbonyl (C=O) groups is 1. The molecule has 0 saturated heterocycles. The standard InChI is InChI=1S/C17H25NO4/c1-5-6-7-8-13-10-16(22-4)14(11-15(13)21-3)9-12(2)18-17(19)20/h5,10-12,18H,1,6-9H2,2-4H3,(H,19,20). The first-order valence-corrected chi connectivity index (χ1v) is 7.36. The molecular formula is C17H25NO4. The minimum absolute atomic E-state index is 0.206. The summed E-state index contributed by atoms with van der Waals surface area (Å²) in [4.78, 5) is 10.7. The summed E-state index contributed by atoms with van der Waals surface area (Å²) in [5, 5.41) is 11.2. The summed E-state index contributed by atoms with van der Waals surface area (Å²) in [5.41, 5.74) is 2.01. The van der Waals surface area contributed by atoms with Gasteiger partial charge in [0.2, 0.25) is 0 Å². The van der Waals surface area contributed by atoms with E-state index in [0.717, 1.165) is 41.9 Å². The number of aryl methyl sites for hydroxylation is 1. The lowest BCUT2D eigenvalue weighted by Gasteiger charge is -2.17. The van der Waals surface area contributed by atoms with E-state index in [4.69, 9.17) is 14.6 Å². The Kier molecular flexibility index (Phi) is 7.29. The van der Waals surface area contributed by atoms with Crippen molar-refractivity contribution < 1.29 is 19.4 Å². The molecule has 5 heteroatoms. The first kappa shape index (κ1) is 17.9. The second-order valence-electron chi connectivity index (χ2n) is 5.21. The average molecular weight is 307 g/mol. The molecule has 1 amide bonds. The zero-order valence-corrected chi connectivity index (χ0v) is 13.5. The quantitative estimate of drug-likeness (QED) is 0.542. The fourth-order valence-electron chi connectivity index (χ4n) is 2.41. The predicted octanol–water partition coefficient (Wildman–Crippen LogP) is 3.41. The van der Waals surface area contributed by atoms with Gasteiger partial charge < -0.3 is 19.9 Å². The Bertz CT molecular complexity index is 514. The maximum absolute atomic E-state index is 10.7. The second-order valence-corrected chi connectivity index (χ2v) is 5.21. The van der Waals surface area contributed by atoms with E-state index in [1.165, 1.54) is 0 Å². The monoisotopic (exact) mass is 307 g/mol. The number of unbranched alkanes of at least 4 members (excludes halogenated alkanes) is 1. The largest absolute Gasteiger partial charge is 0.496 e. The van der Waals surface area contributed by atoms with Crippen molar-refractivity contribution in [1.29, 1.82) is 0 Å². The average Bonchev–Trinajstić information content (AvgIpc) is 2.47. The Hall–Kier alpha value is -2.17. The molecule has 0 radical (unpaired) electrons. The number of methoxy groups -OCH3 is 2. The van der Waals surface area contributed by atoms with Gasteiger partial charge in [-0.3, -0.25) is 0 Å². The smallest absolute Gasteiger partial charge is 0.404 e. The van der Waals surface area contributed by atoms with Crippen LogP contribution in [0.1, 0.15) is 30.9 Å². The van der Waals surface area contributed by atoms with Crippen molar-refractivity contribution in [2.45, 2.75) is 38.6 Å². The first-order chi connectivity index (χ1) is 10.5.